The summed E-state index contributed by atoms with van der Waals surface area (Å²) in [5.41, 5.74) is 13.8. The van der Waals surface area contributed by atoms with E-state index in [1.807, 2.05) is 13.0 Å². The molecule has 5 N–H and O–H groups in total. The number of nitrogens with zero attached hydrogens (tertiary/aromatic N) is 2. The fourth-order valence-corrected chi connectivity index (χ4v) is 3.94. The molecule has 1 fully saturated rings. The fourth-order valence-electron chi connectivity index (χ4n) is 3.94. The summed E-state index contributed by atoms with van der Waals surface area (Å²) in [6, 6.07) is 4.09. The average molecular weight is 371 g/mol. The third-order valence-corrected chi connectivity index (χ3v) is 5.25. The number of nitrogen functional groups attached to an aromatic ring is 1. The number of nitrogens with one attached hydrogen (secondary N) is 1. The van der Waals surface area contributed by atoms with Crippen LogP contribution in [0, 0.1) is 0 Å². The molecule has 1 heterocycles. The number of hydrogen-bond acceptors (Lipinski definition) is 5. The van der Waals surface area contributed by atoms with E-state index in [9.17, 15) is 4.79 Å². The van der Waals surface area contributed by atoms with Crippen LogP contribution in [0.5, 0.6) is 0 Å². The molecule has 27 heavy (non-hydrogen) atoms. The number of carbonyl (C=O) groups is 2. The van der Waals surface area contributed by atoms with E-state index in [2.05, 4.69) is 40.9 Å². The summed E-state index contributed by atoms with van der Waals surface area (Å²) in [6.45, 7) is 6.85. The van der Waals surface area contributed by atoms with Gasteiger partial charge in [0.05, 0.1) is 16.6 Å². The lowest BCUT2D eigenvalue weighted by Gasteiger charge is -2.42. The number of benzene rings is 1. The van der Waals surface area contributed by atoms with Crippen LogP contribution in [-0.4, -0.2) is 28.8 Å². The SMILES string of the molecule is CCNC(=O)C1(c2ccc3nc(N)nc(CC)c3c2CC)CCC1.NC=O. The number of primary amides is 1. The smallest absolute Gasteiger partial charge is 0.230 e. The van der Waals surface area contributed by atoms with Crippen LogP contribution in [0.15, 0.2) is 12.1 Å². The van der Waals surface area contributed by atoms with Crippen LogP contribution in [0.2, 0.25) is 0 Å². The van der Waals surface area contributed by atoms with Crippen molar-refractivity contribution in [3.63, 3.8) is 0 Å². The first-order valence-electron chi connectivity index (χ1n) is 9.51. The molecule has 0 atom stereocenters. The number of likely N-dealkylation sites (N-methyl/N-ethyl adjacent to an activating group) is 1. The number of aromatic nitrogens is 2. The molecule has 1 aliphatic rings. The van der Waals surface area contributed by atoms with Crippen molar-refractivity contribution in [3.05, 3.63) is 29.0 Å². The lowest BCUT2D eigenvalue weighted by molar-refractivity contribution is -0.129. The molecule has 1 aromatic carbocycles. The van der Waals surface area contributed by atoms with Gasteiger partial charge in [0, 0.05) is 11.9 Å². The predicted molar refractivity (Wildman–Crippen MR) is 107 cm³/mol. The van der Waals surface area contributed by atoms with Crippen LogP contribution >= 0.6 is 0 Å². The van der Waals surface area contributed by atoms with E-state index in [1.165, 1.54) is 5.56 Å². The summed E-state index contributed by atoms with van der Waals surface area (Å²) in [4.78, 5) is 30.2. The number of nitrogens with two attached hydrogens (primary N) is 2. The standard InChI is InChI=1S/C19H26N4O.CH3NO/c1-4-12-13(19(10-7-11-19)17(24)21-6-3)8-9-15-16(12)14(5-2)22-18(20)23-15;2-1-3/h8-9H,4-7,10-11H2,1-3H3,(H,21,24)(H2,20,22,23);1H,(H2,2,3). The number of fused-ring (bicyclic) bond motifs is 1. The van der Waals surface area contributed by atoms with Crippen molar-refractivity contribution in [1.29, 1.82) is 0 Å². The second kappa shape index (κ2) is 8.79. The van der Waals surface area contributed by atoms with Gasteiger partial charge < -0.3 is 16.8 Å². The molecule has 1 aliphatic carbocycles. The van der Waals surface area contributed by atoms with Gasteiger partial charge in [0.1, 0.15) is 0 Å². The molecule has 3 rings (SSSR count). The molecule has 1 aromatic heterocycles. The molecule has 146 valence electrons. The van der Waals surface area contributed by atoms with Gasteiger partial charge in [-0.15, -0.1) is 0 Å². The van der Waals surface area contributed by atoms with Crippen LogP contribution in [0.3, 0.4) is 0 Å². The molecule has 7 heteroatoms. The highest BCUT2D eigenvalue weighted by Gasteiger charge is 2.46. The Bertz CT molecular complexity index is 831. The van der Waals surface area contributed by atoms with Gasteiger partial charge in [0.25, 0.3) is 0 Å². The average Bonchev–Trinajstić information content (AvgIpc) is 2.60. The summed E-state index contributed by atoms with van der Waals surface area (Å²) in [7, 11) is 0. The molecule has 1 saturated carbocycles. The summed E-state index contributed by atoms with van der Waals surface area (Å²) in [5, 5.41) is 4.12. The first kappa shape index (κ1) is 20.6. The molecule has 0 unspecified atom stereocenters. The van der Waals surface area contributed by atoms with Crippen LogP contribution in [-0.2, 0) is 27.8 Å². The minimum absolute atomic E-state index is 0.153. The number of amides is 2. The number of carbonyl (C=O) groups excluding carboxylic acids is 2. The van der Waals surface area contributed by atoms with Gasteiger partial charge in [-0.2, -0.15) is 0 Å². The van der Waals surface area contributed by atoms with Gasteiger partial charge in [-0.25, -0.2) is 9.97 Å². The Morgan fingerprint density at radius 2 is 1.89 bits per heavy atom. The van der Waals surface area contributed by atoms with Crippen LogP contribution in [0.25, 0.3) is 10.9 Å². The number of aryl methyl sites for hydroxylation is 2. The van der Waals surface area contributed by atoms with E-state index in [4.69, 9.17) is 10.5 Å². The maximum atomic E-state index is 12.8. The highest BCUT2D eigenvalue weighted by Crippen LogP contribution is 2.46. The quantitative estimate of drug-likeness (QED) is 0.693. The van der Waals surface area contributed by atoms with E-state index in [0.717, 1.165) is 54.3 Å². The van der Waals surface area contributed by atoms with Gasteiger partial charge in [0.15, 0.2) is 0 Å². The Balaban J connectivity index is 0.000000817. The third-order valence-electron chi connectivity index (χ3n) is 5.25. The van der Waals surface area contributed by atoms with Gasteiger partial charge in [0.2, 0.25) is 18.3 Å². The van der Waals surface area contributed by atoms with Gasteiger partial charge >= 0.3 is 0 Å². The van der Waals surface area contributed by atoms with Crippen LogP contribution < -0.4 is 16.8 Å². The Labute approximate surface area is 159 Å². The summed E-state index contributed by atoms with van der Waals surface area (Å²) < 4.78 is 0. The van der Waals surface area contributed by atoms with Gasteiger partial charge in [-0.3, -0.25) is 9.59 Å². The molecule has 0 radical (unpaired) electrons. The summed E-state index contributed by atoms with van der Waals surface area (Å²) in [5.74, 6) is 0.468. The Morgan fingerprint density at radius 1 is 1.22 bits per heavy atom. The van der Waals surface area contributed by atoms with Crippen LogP contribution in [0.4, 0.5) is 5.95 Å². The van der Waals surface area contributed by atoms with Crippen molar-refractivity contribution in [2.24, 2.45) is 5.73 Å². The topological polar surface area (TPSA) is 124 Å². The highest BCUT2D eigenvalue weighted by molar-refractivity contribution is 5.94. The van der Waals surface area contributed by atoms with E-state index in [1.54, 1.807) is 0 Å². The lowest BCUT2D eigenvalue weighted by Crippen LogP contribution is -2.49. The second-order valence-electron chi connectivity index (χ2n) is 6.65. The molecule has 2 aromatic rings. The first-order chi connectivity index (χ1) is 13.0. The van der Waals surface area contributed by atoms with Crippen molar-refractivity contribution in [2.45, 2.75) is 58.3 Å². The molecule has 2 amide bonds. The van der Waals surface area contributed by atoms with Crippen molar-refractivity contribution < 1.29 is 9.59 Å². The molecule has 0 aliphatic heterocycles. The van der Waals surface area contributed by atoms with Gasteiger partial charge in [-0.1, -0.05) is 26.3 Å². The number of rotatable bonds is 5. The zero-order valence-corrected chi connectivity index (χ0v) is 16.3. The molecule has 0 bridgehead atoms. The summed E-state index contributed by atoms with van der Waals surface area (Å²) >= 11 is 0. The monoisotopic (exact) mass is 371 g/mol. The Hall–Kier alpha value is -2.70. The fraction of sp³-hybridized carbons (Fsp3) is 0.500. The molecule has 0 spiro atoms. The molecule has 7 nitrogen and oxygen atoms in total. The minimum atomic E-state index is -0.387. The second-order valence-corrected chi connectivity index (χ2v) is 6.65. The lowest BCUT2D eigenvalue weighted by atomic mass is 9.62. The summed E-state index contributed by atoms with van der Waals surface area (Å²) in [6.07, 6.45) is 4.82. The molecular weight excluding hydrogens is 342 g/mol. The first-order valence-corrected chi connectivity index (χ1v) is 9.51. The van der Waals surface area contributed by atoms with E-state index in [0.29, 0.717) is 12.5 Å². The zero-order chi connectivity index (χ0) is 20.0. The van der Waals surface area contributed by atoms with E-state index >= 15 is 0 Å². The Kier molecular flexibility index (Phi) is 6.71. The van der Waals surface area contributed by atoms with Crippen molar-refractivity contribution in [2.75, 3.05) is 12.3 Å². The van der Waals surface area contributed by atoms with Crippen LogP contribution in [0.1, 0.15) is 56.9 Å². The molecular formula is C20H29N5O2. The van der Waals surface area contributed by atoms with Crippen molar-refractivity contribution >= 4 is 29.2 Å². The molecule has 0 saturated heterocycles. The zero-order valence-electron chi connectivity index (χ0n) is 16.3. The largest absolute Gasteiger partial charge is 0.372 e. The normalized spacial score (nSPS) is 14.6. The van der Waals surface area contributed by atoms with Crippen molar-refractivity contribution in [1.82, 2.24) is 15.3 Å². The maximum absolute atomic E-state index is 12.8. The van der Waals surface area contributed by atoms with Gasteiger partial charge in [-0.05, 0) is 49.8 Å². The van der Waals surface area contributed by atoms with Crippen molar-refractivity contribution in [3.8, 4) is 0 Å². The Morgan fingerprint density at radius 3 is 2.37 bits per heavy atom. The maximum Gasteiger partial charge on any atom is 0.230 e. The number of hydrogen-bond donors (Lipinski definition) is 3. The minimum Gasteiger partial charge on any atom is -0.372 e. The number of anilines is 1. The third kappa shape index (κ3) is 3.72. The van der Waals surface area contributed by atoms with E-state index in [-0.39, 0.29) is 17.7 Å². The highest BCUT2D eigenvalue weighted by atomic mass is 16.2. The predicted octanol–water partition coefficient (Wildman–Crippen LogP) is 2.00. The van der Waals surface area contributed by atoms with E-state index < -0.39 is 0 Å².